The normalized spacial score (nSPS) is 11.8. The molecule has 0 bridgehead atoms. The van der Waals surface area contributed by atoms with Crippen molar-refractivity contribution in [3.63, 3.8) is 0 Å². The fourth-order valence-corrected chi connectivity index (χ4v) is 2.08. The number of carbonyl (C=O) groups is 1. The van der Waals surface area contributed by atoms with Gasteiger partial charge in [-0.15, -0.1) is 0 Å². The highest BCUT2D eigenvalue weighted by Crippen LogP contribution is 2.23. The van der Waals surface area contributed by atoms with Crippen molar-refractivity contribution in [2.24, 2.45) is 0 Å². The van der Waals surface area contributed by atoms with Crippen LogP contribution >= 0.6 is 0 Å². The van der Waals surface area contributed by atoms with Crippen molar-refractivity contribution < 1.29 is 18.5 Å². The lowest BCUT2D eigenvalue weighted by atomic mass is 10.1. The molecule has 2 aromatic carbocycles. The Bertz CT molecular complexity index is 768. The van der Waals surface area contributed by atoms with Crippen LogP contribution in [0.25, 0.3) is 0 Å². The van der Waals surface area contributed by atoms with Crippen LogP contribution in [0, 0.1) is 21.7 Å². The van der Waals surface area contributed by atoms with Gasteiger partial charge in [0.05, 0.1) is 11.5 Å². The second-order valence-corrected chi connectivity index (χ2v) is 5.10. The predicted octanol–water partition coefficient (Wildman–Crippen LogP) is 3.16. The van der Waals surface area contributed by atoms with Crippen molar-refractivity contribution in [3.8, 4) is 0 Å². The highest BCUT2D eigenvalue weighted by atomic mass is 19.2. The van der Waals surface area contributed by atoms with E-state index in [0.717, 1.165) is 12.1 Å². The van der Waals surface area contributed by atoms with E-state index in [1.807, 2.05) is 0 Å². The summed E-state index contributed by atoms with van der Waals surface area (Å²) in [5, 5.41) is 16.2. The van der Waals surface area contributed by atoms with E-state index in [4.69, 9.17) is 0 Å². The Labute approximate surface area is 136 Å². The molecule has 0 unspecified atom stereocenters. The molecule has 2 N–H and O–H groups in total. The standard InChI is InChI=1S/C16H15F2N3O3/c1-10(11-6-7-12(17)13(18)8-11)19-9-16(22)20-14-4-2-3-5-15(14)21(23)24/h2-8,10,19H,9H2,1H3,(H,20,22)/t10-/m0/s1. The first-order valence-electron chi connectivity index (χ1n) is 7.10. The zero-order valence-corrected chi connectivity index (χ0v) is 12.8. The average Bonchev–Trinajstić information content (AvgIpc) is 2.55. The number of hydrogen-bond donors (Lipinski definition) is 2. The summed E-state index contributed by atoms with van der Waals surface area (Å²) in [6.45, 7) is 1.54. The minimum absolute atomic E-state index is 0.0924. The topological polar surface area (TPSA) is 84.3 Å². The highest BCUT2D eigenvalue weighted by Gasteiger charge is 2.15. The number of amides is 1. The predicted molar refractivity (Wildman–Crippen MR) is 84.5 cm³/mol. The molecular weight excluding hydrogens is 320 g/mol. The lowest BCUT2D eigenvalue weighted by molar-refractivity contribution is -0.383. The van der Waals surface area contributed by atoms with Gasteiger partial charge in [-0.05, 0) is 30.7 Å². The number of anilines is 1. The summed E-state index contributed by atoms with van der Waals surface area (Å²) < 4.78 is 26.1. The van der Waals surface area contributed by atoms with Crippen molar-refractivity contribution in [2.45, 2.75) is 13.0 Å². The van der Waals surface area contributed by atoms with Crippen LogP contribution in [0.5, 0.6) is 0 Å². The lowest BCUT2D eigenvalue weighted by Gasteiger charge is -2.14. The maximum atomic E-state index is 13.2. The summed E-state index contributed by atoms with van der Waals surface area (Å²) in [7, 11) is 0. The fraction of sp³-hybridized carbons (Fsp3) is 0.188. The number of nitrogens with zero attached hydrogens (tertiary/aromatic N) is 1. The Kier molecular flexibility index (Phi) is 5.54. The van der Waals surface area contributed by atoms with Crippen LogP contribution in [-0.4, -0.2) is 17.4 Å². The van der Waals surface area contributed by atoms with Gasteiger partial charge in [0.1, 0.15) is 5.69 Å². The van der Waals surface area contributed by atoms with Crippen LogP contribution in [0.4, 0.5) is 20.2 Å². The molecule has 0 saturated heterocycles. The van der Waals surface area contributed by atoms with Gasteiger partial charge in [-0.2, -0.15) is 0 Å². The van der Waals surface area contributed by atoms with E-state index in [1.54, 1.807) is 13.0 Å². The molecule has 0 aliphatic heterocycles. The van der Waals surface area contributed by atoms with Gasteiger partial charge in [0.15, 0.2) is 11.6 Å². The Morgan fingerprint density at radius 2 is 1.92 bits per heavy atom. The van der Waals surface area contributed by atoms with Crippen molar-refractivity contribution in [1.29, 1.82) is 0 Å². The Hall–Kier alpha value is -2.87. The van der Waals surface area contributed by atoms with Crippen LogP contribution in [0.15, 0.2) is 42.5 Å². The van der Waals surface area contributed by atoms with E-state index in [0.29, 0.717) is 5.56 Å². The number of benzene rings is 2. The van der Waals surface area contributed by atoms with Crippen molar-refractivity contribution in [3.05, 3.63) is 69.8 Å². The minimum atomic E-state index is -0.967. The zero-order chi connectivity index (χ0) is 17.7. The van der Waals surface area contributed by atoms with Gasteiger partial charge in [0.25, 0.3) is 5.69 Å². The molecule has 0 radical (unpaired) electrons. The lowest BCUT2D eigenvalue weighted by Crippen LogP contribution is -2.30. The average molecular weight is 335 g/mol. The van der Waals surface area contributed by atoms with Crippen LogP contribution < -0.4 is 10.6 Å². The van der Waals surface area contributed by atoms with E-state index in [2.05, 4.69) is 10.6 Å². The van der Waals surface area contributed by atoms with Crippen LogP contribution in [0.2, 0.25) is 0 Å². The molecule has 8 heteroatoms. The first-order valence-corrected chi connectivity index (χ1v) is 7.10. The molecule has 0 saturated carbocycles. The first-order chi connectivity index (χ1) is 11.4. The number of halogens is 2. The summed E-state index contributed by atoms with van der Waals surface area (Å²) in [4.78, 5) is 22.2. The summed E-state index contributed by atoms with van der Waals surface area (Å²) in [5.74, 6) is -2.40. The molecule has 126 valence electrons. The molecule has 0 aromatic heterocycles. The Balaban J connectivity index is 1.96. The number of nitrogens with one attached hydrogen (secondary N) is 2. The molecule has 0 fully saturated rings. The summed E-state index contributed by atoms with van der Waals surface area (Å²) in [6, 6.07) is 8.84. The minimum Gasteiger partial charge on any atom is -0.319 e. The molecule has 1 amide bonds. The number of para-hydroxylation sites is 2. The zero-order valence-electron chi connectivity index (χ0n) is 12.8. The van der Waals surface area contributed by atoms with Crippen molar-refractivity contribution in [2.75, 3.05) is 11.9 Å². The molecule has 6 nitrogen and oxygen atoms in total. The largest absolute Gasteiger partial charge is 0.319 e. The van der Waals surface area contributed by atoms with Crippen LogP contribution in [0.1, 0.15) is 18.5 Å². The van der Waals surface area contributed by atoms with Crippen LogP contribution in [0.3, 0.4) is 0 Å². The van der Waals surface area contributed by atoms with E-state index in [9.17, 15) is 23.7 Å². The summed E-state index contributed by atoms with van der Waals surface area (Å²) in [5.41, 5.74) is 0.363. The molecule has 0 aliphatic rings. The molecule has 2 rings (SSSR count). The van der Waals surface area contributed by atoms with E-state index < -0.39 is 28.5 Å². The molecule has 0 aliphatic carbocycles. The quantitative estimate of drug-likeness (QED) is 0.627. The van der Waals surface area contributed by atoms with E-state index in [1.165, 1.54) is 24.3 Å². The summed E-state index contributed by atoms with van der Waals surface area (Å²) in [6.07, 6.45) is 0. The fourth-order valence-electron chi connectivity index (χ4n) is 2.08. The van der Waals surface area contributed by atoms with Gasteiger partial charge in [0.2, 0.25) is 5.91 Å². The second kappa shape index (κ2) is 7.60. The number of nitro benzene ring substituents is 1. The van der Waals surface area contributed by atoms with Gasteiger partial charge in [-0.1, -0.05) is 18.2 Å². The Morgan fingerprint density at radius 1 is 1.21 bits per heavy atom. The maximum absolute atomic E-state index is 13.2. The van der Waals surface area contributed by atoms with Gasteiger partial charge >= 0.3 is 0 Å². The third-order valence-corrected chi connectivity index (χ3v) is 3.39. The monoisotopic (exact) mass is 335 g/mol. The van der Waals surface area contributed by atoms with Crippen molar-refractivity contribution >= 4 is 17.3 Å². The molecule has 24 heavy (non-hydrogen) atoms. The van der Waals surface area contributed by atoms with Crippen LogP contribution in [-0.2, 0) is 4.79 Å². The maximum Gasteiger partial charge on any atom is 0.292 e. The van der Waals surface area contributed by atoms with E-state index >= 15 is 0 Å². The number of rotatable bonds is 6. The third-order valence-electron chi connectivity index (χ3n) is 3.39. The van der Waals surface area contributed by atoms with Crippen molar-refractivity contribution in [1.82, 2.24) is 5.32 Å². The molecule has 0 spiro atoms. The molecule has 1 atom stereocenters. The number of carbonyl (C=O) groups excluding carboxylic acids is 1. The summed E-state index contributed by atoms with van der Waals surface area (Å²) >= 11 is 0. The smallest absolute Gasteiger partial charge is 0.292 e. The van der Waals surface area contributed by atoms with Gasteiger partial charge in [-0.25, -0.2) is 8.78 Å². The van der Waals surface area contributed by atoms with Gasteiger partial charge in [0, 0.05) is 12.1 Å². The molecule has 2 aromatic rings. The number of hydrogen-bond acceptors (Lipinski definition) is 4. The highest BCUT2D eigenvalue weighted by molar-refractivity contribution is 5.94. The number of nitro groups is 1. The van der Waals surface area contributed by atoms with E-state index in [-0.39, 0.29) is 17.9 Å². The SMILES string of the molecule is C[C@H](NCC(=O)Nc1ccccc1[N+](=O)[O-])c1ccc(F)c(F)c1. The second-order valence-electron chi connectivity index (χ2n) is 5.10. The third kappa shape index (κ3) is 4.32. The molecule has 0 heterocycles. The van der Waals surface area contributed by atoms with Gasteiger partial charge < -0.3 is 10.6 Å². The molecular formula is C16H15F2N3O3. The Morgan fingerprint density at radius 3 is 2.58 bits per heavy atom. The first kappa shape index (κ1) is 17.5. The van der Waals surface area contributed by atoms with Gasteiger partial charge in [-0.3, -0.25) is 14.9 Å².